The third-order valence-corrected chi connectivity index (χ3v) is 4.43. The van der Waals surface area contributed by atoms with Crippen LogP contribution in [0.15, 0.2) is 0 Å². The van der Waals surface area contributed by atoms with Gasteiger partial charge in [0.15, 0.2) is 0 Å². The zero-order valence-corrected chi connectivity index (χ0v) is 16.4. The molecule has 6 heteroatoms. The first-order valence-electron chi connectivity index (χ1n) is 8.78. The van der Waals surface area contributed by atoms with Crippen molar-refractivity contribution in [1.82, 2.24) is 0 Å². The molecule has 0 spiro atoms. The summed E-state index contributed by atoms with van der Waals surface area (Å²) in [5, 5.41) is 9.15. The van der Waals surface area contributed by atoms with Gasteiger partial charge in [-0.3, -0.25) is 4.79 Å². The molecular formula is C18H36O6. The zero-order valence-electron chi connectivity index (χ0n) is 16.4. The summed E-state index contributed by atoms with van der Waals surface area (Å²) in [5.41, 5.74) is -1.12. The van der Waals surface area contributed by atoms with Crippen molar-refractivity contribution < 1.29 is 29.5 Å². The summed E-state index contributed by atoms with van der Waals surface area (Å²) < 4.78 is 0. The number of aliphatic carboxylic acids is 1. The summed E-state index contributed by atoms with van der Waals surface area (Å²) in [6.07, 6.45) is 2.85. The minimum absolute atomic E-state index is 0.0497. The van der Waals surface area contributed by atoms with E-state index in [9.17, 15) is 4.79 Å². The van der Waals surface area contributed by atoms with Crippen molar-refractivity contribution >= 4 is 5.97 Å². The van der Waals surface area contributed by atoms with Gasteiger partial charge < -0.3 is 5.11 Å². The molecule has 0 aliphatic rings. The van der Waals surface area contributed by atoms with E-state index < -0.39 is 11.4 Å². The molecule has 24 heavy (non-hydrogen) atoms. The van der Waals surface area contributed by atoms with E-state index in [1.165, 1.54) is 0 Å². The zero-order chi connectivity index (χ0) is 18.9. The molecule has 0 saturated carbocycles. The molecule has 6 nitrogen and oxygen atoms in total. The molecule has 0 heterocycles. The van der Waals surface area contributed by atoms with Crippen LogP contribution in [0.2, 0.25) is 0 Å². The molecule has 1 N–H and O–H groups in total. The molecule has 0 unspecified atom stereocenters. The fourth-order valence-corrected chi connectivity index (χ4v) is 1.76. The summed E-state index contributed by atoms with van der Waals surface area (Å²) in [5.74, 6) is -0.831. The van der Waals surface area contributed by atoms with Gasteiger partial charge >= 0.3 is 5.97 Å². The third-order valence-electron chi connectivity index (χ3n) is 4.43. The average Bonchev–Trinajstić information content (AvgIpc) is 2.48. The second-order valence-corrected chi connectivity index (χ2v) is 7.92. The van der Waals surface area contributed by atoms with Gasteiger partial charge in [0.05, 0.1) is 30.8 Å². The number of carboxylic acid groups (broad SMARTS) is 1. The van der Waals surface area contributed by atoms with Crippen LogP contribution in [0.1, 0.15) is 80.6 Å². The largest absolute Gasteiger partial charge is 0.481 e. The second kappa shape index (κ2) is 10.3. The normalized spacial score (nSPS) is 13.3. The maximum absolute atomic E-state index is 11.1. The quantitative estimate of drug-likeness (QED) is 0.283. The fourth-order valence-electron chi connectivity index (χ4n) is 1.76. The molecule has 0 fully saturated rings. The molecule has 0 bridgehead atoms. The molecule has 0 aliphatic carbocycles. The maximum Gasteiger partial charge on any atom is 0.303 e. The van der Waals surface area contributed by atoms with Gasteiger partial charge in [-0.25, -0.2) is 19.6 Å². The first-order chi connectivity index (χ1) is 11.0. The Morgan fingerprint density at radius 2 is 1.21 bits per heavy atom. The molecular weight excluding hydrogens is 312 g/mol. The van der Waals surface area contributed by atoms with Gasteiger partial charge in [-0.1, -0.05) is 20.8 Å². The van der Waals surface area contributed by atoms with Gasteiger partial charge in [0.2, 0.25) is 0 Å². The van der Waals surface area contributed by atoms with Crippen LogP contribution >= 0.6 is 0 Å². The number of rotatable bonds is 14. The molecule has 0 aromatic heterocycles. The van der Waals surface area contributed by atoms with Gasteiger partial charge in [0, 0.05) is 0 Å². The molecule has 0 aromatic carbocycles. The second-order valence-electron chi connectivity index (χ2n) is 7.92. The lowest BCUT2D eigenvalue weighted by Gasteiger charge is -2.29. The summed E-state index contributed by atoms with van der Waals surface area (Å²) >= 11 is 0. The average molecular weight is 348 g/mol. The van der Waals surface area contributed by atoms with E-state index in [1.54, 1.807) is 0 Å². The predicted octanol–water partition coefficient (Wildman–Crippen LogP) is 4.52. The lowest BCUT2D eigenvalue weighted by Crippen LogP contribution is -2.28. The molecule has 0 atom stereocenters. The monoisotopic (exact) mass is 348 g/mol. The van der Waals surface area contributed by atoms with Gasteiger partial charge in [-0.05, 0) is 58.8 Å². The van der Waals surface area contributed by atoms with Crippen LogP contribution in [-0.4, -0.2) is 35.5 Å². The summed E-state index contributed by atoms with van der Waals surface area (Å²) in [6.45, 7) is 14.4. The van der Waals surface area contributed by atoms with Gasteiger partial charge in [-0.2, -0.15) is 0 Å². The summed E-state index contributed by atoms with van der Waals surface area (Å²) in [6, 6.07) is 0. The van der Waals surface area contributed by atoms with E-state index in [2.05, 4.69) is 0 Å². The predicted molar refractivity (Wildman–Crippen MR) is 92.4 cm³/mol. The van der Waals surface area contributed by atoms with Crippen molar-refractivity contribution in [3.63, 3.8) is 0 Å². The molecule has 0 amide bonds. The first-order valence-corrected chi connectivity index (χ1v) is 8.78. The van der Waals surface area contributed by atoms with Crippen LogP contribution in [0.3, 0.4) is 0 Å². The molecule has 0 aliphatic heterocycles. The lowest BCUT2D eigenvalue weighted by atomic mass is 9.81. The topological polar surface area (TPSA) is 74.2 Å². The van der Waals surface area contributed by atoms with Crippen molar-refractivity contribution in [3.05, 3.63) is 0 Å². The van der Waals surface area contributed by atoms with Gasteiger partial charge in [0.25, 0.3) is 0 Å². The highest BCUT2D eigenvalue weighted by atomic mass is 17.2. The van der Waals surface area contributed by atoms with Crippen LogP contribution in [-0.2, 0) is 24.3 Å². The Kier molecular flexibility index (Phi) is 10.0. The maximum atomic E-state index is 11.1. The molecule has 144 valence electrons. The highest BCUT2D eigenvalue weighted by Gasteiger charge is 2.28. The van der Waals surface area contributed by atoms with Crippen LogP contribution in [0, 0.1) is 5.41 Å². The van der Waals surface area contributed by atoms with Crippen LogP contribution in [0.5, 0.6) is 0 Å². The van der Waals surface area contributed by atoms with Crippen LogP contribution in [0.25, 0.3) is 0 Å². The van der Waals surface area contributed by atoms with E-state index in [0.29, 0.717) is 26.1 Å². The van der Waals surface area contributed by atoms with Crippen molar-refractivity contribution in [2.24, 2.45) is 5.41 Å². The van der Waals surface area contributed by atoms with Crippen LogP contribution < -0.4 is 0 Å². The SMILES string of the molecule is CCC(C)(C)OOCCC(C)(CCOOC(C)(C)CC)CC(=O)O. The Bertz CT molecular complexity index is 341. The minimum atomic E-state index is -0.831. The van der Waals surface area contributed by atoms with E-state index in [-0.39, 0.29) is 17.6 Å². The molecule has 0 radical (unpaired) electrons. The number of hydrogen-bond acceptors (Lipinski definition) is 5. The van der Waals surface area contributed by atoms with E-state index in [4.69, 9.17) is 24.7 Å². The molecule has 0 aromatic rings. The van der Waals surface area contributed by atoms with E-state index in [1.807, 2.05) is 48.5 Å². The summed E-state index contributed by atoms with van der Waals surface area (Å²) in [4.78, 5) is 32.4. The Morgan fingerprint density at radius 1 is 0.833 bits per heavy atom. The molecule has 0 saturated heterocycles. The van der Waals surface area contributed by atoms with Gasteiger partial charge in [-0.15, -0.1) is 0 Å². The third kappa shape index (κ3) is 11.0. The smallest absolute Gasteiger partial charge is 0.303 e. The standard InChI is InChI=1S/C18H36O6/c1-8-16(3,4)23-21-12-10-18(7,14-15(19)20)11-13-22-24-17(5,6)9-2/h8-14H2,1-7H3,(H,19,20). The highest BCUT2D eigenvalue weighted by Crippen LogP contribution is 2.31. The summed E-state index contributed by atoms with van der Waals surface area (Å²) in [7, 11) is 0. The highest BCUT2D eigenvalue weighted by molar-refractivity contribution is 5.67. The number of carboxylic acids is 1. The lowest BCUT2D eigenvalue weighted by molar-refractivity contribution is -0.360. The Balaban J connectivity index is 4.33. The van der Waals surface area contributed by atoms with E-state index >= 15 is 0 Å². The Labute approximate surface area is 146 Å². The van der Waals surface area contributed by atoms with Gasteiger partial charge in [0.1, 0.15) is 0 Å². The van der Waals surface area contributed by atoms with Crippen molar-refractivity contribution in [3.8, 4) is 0 Å². The van der Waals surface area contributed by atoms with E-state index in [0.717, 1.165) is 12.8 Å². The fraction of sp³-hybridized carbons (Fsp3) is 0.944. The van der Waals surface area contributed by atoms with Crippen molar-refractivity contribution in [2.45, 2.75) is 91.8 Å². The Hall–Kier alpha value is -0.690. The first kappa shape index (κ1) is 23.3. The Morgan fingerprint density at radius 3 is 1.50 bits per heavy atom. The van der Waals surface area contributed by atoms with Crippen molar-refractivity contribution in [1.29, 1.82) is 0 Å². The van der Waals surface area contributed by atoms with Crippen molar-refractivity contribution in [2.75, 3.05) is 13.2 Å². The van der Waals surface area contributed by atoms with Crippen LogP contribution in [0.4, 0.5) is 0 Å². The number of carbonyl (C=O) groups is 1. The molecule has 0 rings (SSSR count). The minimum Gasteiger partial charge on any atom is -0.481 e. The number of hydrogen-bond donors (Lipinski definition) is 1.